The molecule has 1 saturated heterocycles. The van der Waals surface area contributed by atoms with E-state index < -0.39 is 24.1 Å². The molecule has 0 spiro atoms. The molecule has 2 aliphatic rings. The van der Waals surface area contributed by atoms with Crippen LogP contribution in [0, 0.1) is 12.7 Å². The first kappa shape index (κ1) is 17.7. The summed E-state index contributed by atoms with van der Waals surface area (Å²) in [7, 11) is 0. The lowest BCUT2D eigenvalue weighted by atomic mass is 10.0. The number of nitrogens with one attached hydrogen (secondary N) is 2. The van der Waals surface area contributed by atoms with Gasteiger partial charge in [0.2, 0.25) is 0 Å². The van der Waals surface area contributed by atoms with Gasteiger partial charge in [0, 0.05) is 63.7 Å². The summed E-state index contributed by atoms with van der Waals surface area (Å²) < 4.78 is 38.2. The van der Waals surface area contributed by atoms with E-state index in [1.54, 1.807) is 6.07 Å². The molecule has 31 heavy (non-hydrogen) atoms. The number of piperazine rings is 1. The lowest BCUT2D eigenvalue weighted by Crippen LogP contribution is -2.44. The average molecular weight is 444 g/mol. The van der Waals surface area contributed by atoms with E-state index in [4.69, 9.17) is 13.2 Å². The molecule has 0 saturated carbocycles. The van der Waals surface area contributed by atoms with Crippen molar-refractivity contribution in [1.29, 1.82) is 0 Å². The number of pyridine rings is 1. The van der Waals surface area contributed by atoms with Crippen LogP contribution in [0.5, 0.6) is 5.75 Å². The van der Waals surface area contributed by atoms with Crippen molar-refractivity contribution < 1.29 is 16.7 Å². The van der Waals surface area contributed by atoms with Crippen LogP contribution in [-0.2, 0) is 6.37 Å². The van der Waals surface area contributed by atoms with Gasteiger partial charge in [-0.15, -0.1) is 11.3 Å². The molecule has 1 fully saturated rings. The Hall–Kier alpha value is -2.91. The second kappa shape index (κ2) is 7.97. The molecular weight excluding hydrogens is 417 g/mol. The van der Waals surface area contributed by atoms with E-state index in [2.05, 4.69) is 15.6 Å². The van der Waals surface area contributed by atoms with Gasteiger partial charge >= 0.3 is 0 Å². The second-order valence-electron chi connectivity index (χ2n) is 7.67. The normalized spacial score (nSPS) is 21.1. The van der Waals surface area contributed by atoms with Crippen LogP contribution in [0.3, 0.4) is 0 Å². The van der Waals surface area contributed by atoms with Gasteiger partial charge in [-0.2, -0.15) is 0 Å². The monoisotopic (exact) mass is 443 g/mol. The molecule has 7 nitrogen and oxygen atoms in total. The number of hydrogen-bond donors (Lipinski definition) is 3. The van der Waals surface area contributed by atoms with Gasteiger partial charge in [-0.3, -0.25) is 4.79 Å². The van der Waals surface area contributed by atoms with Crippen LogP contribution in [0.4, 0.5) is 15.8 Å². The van der Waals surface area contributed by atoms with E-state index in [0.717, 1.165) is 43.2 Å². The minimum absolute atomic E-state index is 0.127. The third-order valence-electron chi connectivity index (χ3n) is 5.49. The molecule has 2 aliphatic heterocycles. The second-order valence-corrected chi connectivity index (χ2v) is 8.67. The molecular formula is C22H24FN5O2S. The van der Waals surface area contributed by atoms with E-state index in [0.29, 0.717) is 21.6 Å². The smallest absolute Gasteiger partial charge is 0.263 e. The van der Waals surface area contributed by atoms with Crippen molar-refractivity contribution in [3.63, 3.8) is 0 Å². The third-order valence-corrected chi connectivity index (χ3v) is 6.60. The van der Waals surface area contributed by atoms with Crippen molar-refractivity contribution in [1.82, 2.24) is 15.6 Å². The summed E-state index contributed by atoms with van der Waals surface area (Å²) in [6.45, 7) is 4.78. The average Bonchev–Trinajstić information content (AvgIpc) is 3.11. The largest absolute Gasteiger partial charge is 0.491 e. The van der Waals surface area contributed by atoms with Crippen molar-refractivity contribution in [3.05, 3.63) is 46.2 Å². The zero-order valence-corrected chi connectivity index (χ0v) is 17.8. The van der Waals surface area contributed by atoms with Gasteiger partial charge < -0.3 is 26.0 Å². The highest BCUT2D eigenvalue weighted by Crippen LogP contribution is 2.34. The predicted octanol–water partition coefficient (Wildman–Crippen LogP) is 2.47. The molecule has 4 heterocycles. The molecule has 0 bridgehead atoms. The molecule has 1 aromatic carbocycles. The van der Waals surface area contributed by atoms with Gasteiger partial charge in [0.15, 0.2) is 0 Å². The van der Waals surface area contributed by atoms with Crippen molar-refractivity contribution >= 4 is 38.8 Å². The zero-order chi connectivity index (χ0) is 23.3. The number of fused-ring (bicyclic) bond motifs is 2. The number of benzene rings is 1. The highest BCUT2D eigenvalue weighted by atomic mass is 32.1. The number of nitrogens with two attached hydrogens (primary N) is 1. The molecule has 162 valence electrons. The van der Waals surface area contributed by atoms with Crippen molar-refractivity contribution in [3.8, 4) is 5.75 Å². The Morgan fingerprint density at radius 2 is 2.23 bits per heavy atom. The maximum atomic E-state index is 15.2. The fourth-order valence-electron chi connectivity index (χ4n) is 3.88. The summed E-state index contributed by atoms with van der Waals surface area (Å²) in [6.07, 6.45) is -2.17. The third kappa shape index (κ3) is 3.79. The van der Waals surface area contributed by atoms with Crippen LogP contribution in [0.15, 0.2) is 24.3 Å². The van der Waals surface area contributed by atoms with E-state index in [-0.39, 0.29) is 22.8 Å². The van der Waals surface area contributed by atoms with Crippen LogP contribution >= 0.6 is 11.3 Å². The number of hydrogen-bond acceptors (Lipinski definition) is 7. The number of anilines is 2. The summed E-state index contributed by atoms with van der Waals surface area (Å²) in [6, 6.07) is 5.56. The first-order valence-corrected chi connectivity index (χ1v) is 11.0. The standard InChI is InChI=1S/C22H24FN5O2S/c1-12-2-3-15-19(24)20(31-22(15)26-12)21(29)27-13-8-16-17(23)9-14(10-18(16)30-11-13)28-6-4-25-5-7-28/h2-3,9-10,13,25H,4-8,11,24H2,1H3,(H,27,29)/t13-/m1/s1/i8D2. The number of amides is 1. The number of ether oxygens (including phenoxy) is 1. The Morgan fingerprint density at radius 3 is 3.03 bits per heavy atom. The fourth-order valence-corrected chi connectivity index (χ4v) is 4.92. The number of thiophene rings is 1. The number of halogens is 1. The van der Waals surface area contributed by atoms with Crippen LogP contribution in [0.25, 0.3) is 10.2 Å². The van der Waals surface area contributed by atoms with Crippen LogP contribution in [-0.4, -0.2) is 49.7 Å². The van der Waals surface area contributed by atoms with E-state index in [9.17, 15) is 4.79 Å². The van der Waals surface area contributed by atoms with Crippen molar-refractivity contribution in [2.75, 3.05) is 43.4 Å². The number of aromatic nitrogens is 1. The predicted molar refractivity (Wildman–Crippen MR) is 121 cm³/mol. The van der Waals surface area contributed by atoms with Gasteiger partial charge in [0.05, 0.1) is 11.7 Å². The van der Waals surface area contributed by atoms with Gasteiger partial charge in [-0.25, -0.2) is 9.37 Å². The quantitative estimate of drug-likeness (QED) is 0.576. The topological polar surface area (TPSA) is 92.5 Å². The van der Waals surface area contributed by atoms with Crippen LogP contribution in [0.2, 0.25) is 0 Å². The molecule has 0 aliphatic carbocycles. The number of carbonyl (C=O) groups excluding carboxylic acids is 1. The van der Waals surface area contributed by atoms with Gasteiger partial charge in [-0.05, 0) is 25.1 Å². The van der Waals surface area contributed by atoms with Gasteiger partial charge in [0.1, 0.15) is 27.9 Å². The lowest BCUT2D eigenvalue weighted by molar-refractivity contribution is 0.0919. The molecule has 1 atom stereocenters. The van der Waals surface area contributed by atoms with E-state index >= 15 is 4.39 Å². The summed E-state index contributed by atoms with van der Waals surface area (Å²) in [5, 5.41) is 6.59. The highest BCUT2D eigenvalue weighted by Gasteiger charge is 2.27. The number of aryl methyl sites for hydroxylation is 1. The minimum atomic E-state index is -2.17. The Labute approximate surface area is 186 Å². The number of carbonyl (C=O) groups is 1. The molecule has 5 rings (SSSR count). The SMILES string of the molecule is [2H]C1([2H])c2c(F)cc(N3CCNCC3)cc2OC[C@@H]1NC(=O)c1sc2nc(C)ccc2c1N. The molecule has 9 heteroatoms. The minimum Gasteiger partial charge on any atom is -0.491 e. The van der Waals surface area contributed by atoms with E-state index in [1.807, 2.05) is 24.0 Å². The van der Waals surface area contributed by atoms with Crippen LogP contribution < -0.4 is 26.0 Å². The molecule has 0 unspecified atom stereocenters. The molecule has 3 aromatic rings. The Bertz CT molecular complexity index is 1250. The summed E-state index contributed by atoms with van der Waals surface area (Å²) in [5.74, 6) is -1.06. The summed E-state index contributed by atoms with van der Waals surface area (Å²) >= 11 is 1.15. The Kier molecular flexibility index (Phi) is 4.56. The molecule has 2 aromatic heterocycles. The molecule has 4 N–H and O–H groups in total. The first-order valence-electron chi connectivity index (χ1n) is 11.1. The maximum absolute atomic E-state index is 15.2. The Balaban J connectivity index is 1.41. The van der Waals surface area contributed by atoms with Crippen LogP contribution in [0.1, 0.15) is 23.7 Å². The summed E-state index contributed by atoms with van der Waals surface area (Å²) in [4.78, 5) is 20.3. The van der Waals surface area contributed by atoms with E-state index in [1.165, 1.54) is 6.07 Å². The maximum Gasteiger partial charge on any atom is 0.263 e. The number of nitrogens with zero attached hydrogens (tertiary/aromatic N) is 2. The first-order chi connectivity index (χ1) is 15.8. The highest BCUT2D eigenvalue weighted by molar-refractivity contribution is 7.21. The lowest BCUT2D eigenvalue weighted by Gasteiger charge is -2.32. The van der Waals surface area contributed by atoms with Gasteiger partial charge in [-0.1, -0.05) is 0 Å². The van der Waals surface area contributed by atoms with Gasteiger partial charge in [0.25, 0.3) is 5.91 Å². The molecule has 0 radical (unpaired) electrons. The number of nitrogen functional groups attached to an aromatic ring is 1. The number of rotatable bonds is 3. The summed E-state index contributed by atoms with van der Waals surface area (Å²) in [5.41, 5.74) is 7.75. The Morgan fingerprint density at radius 1 is 1.42 bits per heavy atom. The van der Waals surface area contributed by atoms with Crippen molar-refractivity contribution in [2.45, 2.75) is 19.3 Å². The molecule has 1 amide bonds. The van der Waals surface area contributed by atoms with Crippen molar-refractivity contribution in [2.24, 2.45) is 0 Å². The fraction of sp³-hybridized carbons (Fsp3) is 0.364. The zero-order valence-electron chi connectivity index (χ0n) is 19.0.